The molecular formula is C13H17NO. The summed E-state index contributed by atoms with van der Waals surface area (Å²) in [7, 11) is 4.21. The molecule has 2 heteroatoms. The van der Waals surface area contributed by atoms with Gasteiger partial charge in [-0.2, -0.15) is 0 Å². The Balaban J connectivity index is 2.37. The van der Waals surface area contributed by atoms with E-state index in [1.807, 2.05) is 18.2 Å². The van der Waals surface area contributed by atoms with Crippen LogP contribution in [0.3, 0.4) is 0 Å². The third-order valence-corrected chi connectivity index (χ3v) is 3.39. The Morgan fingerprint density at radius 1 is 1.33 bits per heavy atom. The largest absolute Gasteiger partial charge is 0.300 e. The van der Waals surface area contributed by atoms with Gasteiger partial charge >= 0.3 is 0 Å². The molecule has 1 aromatic rings. The quantitative estimate of drug-likeness (QED) is 0.703. The van der Waals surface area contributed by atoms with Crippen molar-refractivity contribution in [3.63, 3.8) is 0 Å². The minimum absolute atomic E-state index is 0.145. The first-order valence-corrected chi connectivity index (χ1v) is 5.35. The summed E-state index contributed by atoms with van der Waals surface area (Å²) >= 11 is 0. The highest BCUT2D eigenvalue weighted by molar-refractivity contribution is 5.94. The van der Waals surface area contributed by atoms with E-state index in [9.17, 15) is 4.79 Å². The van der Waals surface area contributed by atoms with E-state index in [2.05, 4.69) is 25.1 Å². The highest BCUT2D eigenvalue weighted by Gasteiger charge is 2.46. The van der Waals surface area contributed by atoms with Gasteiger partial charge in [0, 0.05) is 11.1 Å². The number of Topliss-reactive ketones (excluding diaryl/α,β-unsaturated/α-hetero) is 1. The Kier molecular flexibility index (Phi) is 2.39. The number of ketones is 1. The molecule has 1 fully saturated rings. The zero-order valence-electron chi connectivity index (χ0n) is 9.58. The molecule has 1 saturated carbocycles. The van der Waals surface area contributed by atoms with Crippen molar-refractivity contribution in [1.29, 1.82) is 0 Å². The minimum atomic E-state index is 0.145. The summed E-state index contributed by atoms with van der Waals surface area (Å²) in [6, 6.07) is 8.03. The summed E-state index contributed by atoms with van der Waals surface area (Å²) in [5.41, 5.74) is 2.30. The summed E-state index contributed by atoms with van der Waals surface area (Å²) < 4.78 is 0. The maximum absolute atomic E-state index is 11.3. The molecule has 15 heavy (non-hydrogen) atoms. The van der Waals surface area contributed by atoms with Crippen LogP contribution in [0.2, 0.25) is 0 Å². The number of hydrogen-bond acceptors (Lipinski definition) is 2. The van der Waals surface area contributed by atoms with Crippen molar-refractivity contribution >= 4 is 5.78 Å². The average Bonchev–Trinajstić information content (AvgIpc) is 2.98. The lowest BCUT2D eigenvalue weighted by Gasteiger charge is -2.24. The SMILES string of the molecule is CC(=O)c1cccc(C2(N(C)C)CC2)c1. The normalized spacial score (nSPS) is 17.9. The maximum Gasteiger partial charge on any atom is 0.159 e. The van der Waals surface area contributed by atoms with Gasteiger partial charge in [-0.3, -0.25) is 9.69 Å². The van der Waals surface area contributed by atoms with Crippen LogP contribution in [0.4, 0.5) is 0 Å². The van der Waals surface area contributed by atoms with Crippen LogP contribution in [-0.2, 0) is 5.54 Å². The lowest BCUT2D eigenvalue weighted by molar-refractivity contribution is 0.101. The predicted octanol–water partition coefficient (Wildman–Crippen LogP) is 2.44. The Morgan fingerprint density at radius 3 is 2.47 bits per heavy atom. The van der Waals surface area contributed by atoms with Gasteiger partial charge in [-0.15, -0.1) is 0 Å². The number of carbonyl (C=O) groups is 1. The van der Waals surface area contributed by atoms with Crippen LogP contribution in [-0.4, -0.2) is 24.8 Å². The third kappa shape index (κ3) is 1.70. The lowest BCUT2D eigenvalue weighted by Crippen LogP contribution is -2.27. The molecule has 1 aliphatic rings. The standard InChI is InChI=1S/C13H17NO/c1-10(15)11-5-4-6-12(9-11)13(7-8-13)14(2)3/h4-6,9H,7-8H2,1-3H3. The first-order valence-electron chi connectivity index (χ1n) is 5.35. The molecule has 2 nitrogen and oxygen atoms in total. The summed E-state index contributed by atoms with van der Waals surface area (Å²) in [6.07, 6.45) is 2.39. The molecule has 0 amide bonds. The number of rotatable bonds is 3. The lowest BCUT2D eigenvalue weighted by atomic mass is 10.00. The third-order valence-electron chi connectivity index (χ3n) is 3.39. The molecular weight excluding hydrogens is 186 g/mol. The second-order valence-corrected chi connectivity index (χ2v) is 4.56. The number of carbonyl (C=O) groups excluding carboxylic acids is 1. The molecule has 0 bridgehead atoms. The number of hydrogen-bond donors (Lipinski definition) is 0. The van der Waals surface area contributed by atoms with Crippen LogP contribution in [0.1, 0.15) is 35.7 Å². The molecule has 1 aromatic carbocycles. The van der Waals surface area contributed by atoms with Crippen LogP contribution in [0.5, 0.6) is 0 Å². The molecule has 0 atom stereocenters. The number of benzene rings is 1. The summed E-state index contributed by atoms with van der Waals surface area (Å²) in [5, 5.41) is 0. The van der Waals surface area contributed by atoms with Gasteiger partial charge in [-0.1, -0.05) is 18.2 Å². The molecule has 0 radical (unpaired) electrons. The Bertz CT molecular complexity index is 391. The average molecular weight is 203 g/mol. The van der Waals surface area contributed by atoms with Crippen LogP contribution >= 0.6 is 0 Å². The van der Waals surface area contributed by atoms with Crippen molar-refractivity contribution in [2.45, 2.75) is 25.3 Å². The van der Waals surface area contributed by atoms with Gasteiger partial charge in [0.2, 0.25) is 0 Å². The van der Waals surface area contributed by atoms with E-state index < -0.39 is 0 Å². The van der Waals surface area contributed by atoms with E-state index in [0.717, 1.165) is 5.56 Å². The van der Waals surface area contributed by atoms with Crippen molar-refractivity contribution < 1.29 is 4.79 Å². The van der Waals surface area contributed by atoms with E-state index in [-0.39, 0.29) is 11.3 Å². The molecule has 80 valence electrons. The molecule has 0 heterocycles. The molecule has 0 aliphatic heterocycles. The first-order chi connectivity index (χ1) is 7.06. The smallest absolute Gasteiger partial charge is 0.159 e. The minimum Gasteiger partial charge on any atom is -0.300 e. The van der Waals surface area contributed by atoms with Gasteiger partial charge in [0.05, 0.1) is 0 Å². The van der Waals surface area contributed by atoms with E-state index in [4.69, 9.17) is 0 Å². The van der Waals surface area contributed by atoms with Gasteiger partial charge in [0.1, 0.15) is 0 Å². The van der Waals surface area contributed by atoms with Crippen molar-refractivity contribution in [1.82, 2.24) is 4.90 Å². The van der Waals surface area contributed by atoms with Crippen molar-refractivity contribution in [2.24, 2.45) is 0 Å². The van der Waals surface area contributed by atoms with Crippen LogP contribution in [0.15, 0.2) is 24.3 Å². The molecule has 1 aliphatic carbocycles. The zero-order valence-corrected chi connectivity index (χ0v) is 9.58. The molecule has 0 N–H and O–H groups in total. The van der Waals surface area contributed by atoms with Crippen molar-refractivity contribution in [3.8, 4) is 0 Å². The summed E-state index contributed by atoms with van der Waals surface area (Å²) in [5.74, 6) is 0.145. The maximum atomic E-state index is 11.3. The topological polar surface area (TPSA) is 20.3 Å². The van der Waals surface area contributed by atoms with Gasteiger partial charge < -0.3 is 0 Å². The van der Waals surface area contributed by atoms with Gasteiger partial charge in [0.15, 0.2) is 5.78 Å². The zero-order chi connectivity index (χ0) is 11.1. The molecule has 0 unspecified atom stereocenters. The molecule has 0 saturated heterocycles. The first kappa shape index (κ1) is 10.4. The van der Waals surface area contributed by atoms with Crippen LogP contribution < -0.4 is 0 Å². The molecule has 0 spiro atoms. The van der Waals surface area contributed by atoms with E-state index in [1.54, 1.807) is 6.92 Å². The van der Waals surface area contributed by atoms with Gasteiger partial charge in [-0.25, -0.2) is 0 Å². The Hall–Kier alpha value is -1.15. The fraction of sp³-hybridized carbons (Fsp3) is 0.462. The number of nitrogens with zero attached hydrogens (tertiary/aromatic N) is 1. The second-order valence-electron chi connectivity index (χ2n) is 4.56. The second kappa shape index (κ2) is 3.46. The van der Waals surface area contributed by atoms with Crippen molar-refractivity contribution in [2.75, 3.05) is 14.1 Å². The molecule has 2 rings (SSSR count). The summed E-state index contributed by atoms with van der Waals surface area (Å²) in [4.78, 5) is 13.6. The fourth-order valence-corrected chi connectivity index (χ4v) is 2.14. The Morgan fingerprint density at radius 2 is 2.00 bits per heavy atom. The van der Waals surface area contributed by atoms with E-state index in [0.29, 0.717) is 0 Å². The van der Waals surface area contributed by atoms with Gasteiger partial charge in [0.25, 0.3) is 0 Å². The Labute approximate surface area is 90.9 Å². The fourth-order valence-electron chi connectivity index (χ4n) is 2.14. The summed E-state index contributed by atoms with van der Waals surface area (Å²) in [6.45, 7) is 1.62. The molecule has 0 aromatic heterocycles. The van der Waals surface area contributed by atoms with Crippen LogP contribution in [0.25, 0.3) is 0 Å². The van der Waals surface area contributed by atoms with Crippen LogP contribution in [0, 0.1) is 0 Å². The predicted molar refractivity (Wildman–Crippen MR) is 61.0 cm³/mol. The van der Waals surface area contributed by atoms with E-state index in [1.165, 1.54) is 18.4 Å². The van der Waals surface area contributed by atoms with E-state index >= 15 is 0 Å². The van der Waals surface area contributed by atoms with Gasteiger partial charge in [-0.05, 0) is 45.5 Å². The monoisotopic (exact) mass is 203 g/mol. The van der Waals surface area contributed by atoms with Crippen molar-refractivity contribution in [3.05, 3.63) is 35.4 Å². The highest BCUT2D eigenvalue weighted by Crippen LogP contribution is 2.49. The highest BCUT2D eigenvalue weighted by atomic mass is 16.1.